The summed E-state index contributed by atoms with van der Waals surface area (Å²) in [5.41, 5.74) is 5.21. The Kier molecular flexibility index (Phi) is 3.81. The zero-order chi connectivity index (χ0) is 18.5. The van der Waals surface area contributed by atoms with Gasteiger partial charge in [0.25, 0.3) is 5.56 Å². The molecule has 0 radical (unpaired) electrons. The fourth-order valence-corrected chi connectivity index (χ4v) is 4.76. The van der Waals surface area contributed by atoms with Crippen LogP contribution in [0.25, 0.3) is 11.0 Å². The number of fused-ring (bicyclic) bond motifs is 3. The average Bonchev–Trinajstić information content (AvgIpc) is 3.28. The van der Waals surface area contributed by atoms with Crippen LogP contribution in [0.3, 0.4) is 0 Å². The standard InChI is InChI=1S/C21H23FN4O/c1-25-20-18(16-4-2-3-5-17(16)21(27)23-20)19(24-25)13-10-11-26(12-13)15-8-6-14(22)7-9-15/h6-9,13H,2-5,10-12H2,1H3,(H,23,27). The zero-order valence-corrected chi connectivity index (χ0v) is 15.5. The van der Waals surface area contributed by atoms with Gasteiger partial charge in [-0.15, -0.1) is 0 Å². The summed E-state index contributed by atoms with van der Waals surface area (Å²) in [4.78, 5) is 17.9. The fourth-order valence-electron chi connectivity index (χ4n) is 4.76. The van der Waals surface area contributed by atoms with E-state index < -0.39 is 0 Å². The van der Waals surface area contributed by atoms with Crippen molar-refractivity contribution in [2.45, 2.75) is 38.0 Å². The van der Waals surface area contributed by atoms with Crippen LogP contribution >= 0.6 is 0 Å². The van der Waals surface area contributed by atoms with Gasteiger partial charge in [-0.3, -0.25) is 9.48 Å². The summed E-state index contributed by atoms with van der Waals surface area (Å²) in [7, 11) is 1.91. The van der Waals surface area contributed by atoms with Crippen LogP contribution in [0.15, 0.2) is 29.1 Å². The van der Waals surface area contributed by atoms with Gasteiger partial charge in [0, 0.05) is 42.7 Å². The van der Waals surface area contributed by atoms with Crippen molar-refractivity contribution in [3.05, 3.63) is 57.3 Å². The molecule has 1 N–H and O–H groups in total. The van der Waals surface area contributed by atoms with Crippen molar-refractivity contribution in [1.82, 2.24) is 14.8 Å². The second-order valence-electron chi connectivity index (χ2n) is 7.76. The van der Waals surface area contributed by atoms with E-state index in [1.54, 1.807) is 0 Å². The van der Waals surface area contributed by atoms with Crippen LogP contribution in [0.5, 0.6) is 0 Å². The third-order valence-corrected chi connectivity index (χ3v) is 6.12. The van der Waals surface area contributed by atoms with Gasteiger partial charge < -0.3 is 9.88 Å². The Morgan fingerprint density at radius 3 is 2.67 bits per heavy atom. The number of halogens is 1. The van der Waals surface area contributed by atoms with E-state index in [4.69, 9.17) is 5.10 Å². The van der Waals surface area contributed by atoms with Gasteiger partial charge in [0.15, 0.2) is 0 Å². The largest absolute Gasteiger partial charge is 0.371 e. The van der Waals surface area contributed by atoms with Gasteiger partial charge in [0.1, 0.15) is 11.5 Å². The molecule has 140 valence electrons. The van der Waals surface area contributed by atoms with Gasteiger partial charge in [-0.2, -0.15) is 5.10 Å². The first-order chi connectivity index (χ1) is 13.1. The van der Waals surface area contributed by atoms with Crippen LogP contribution in [0.2, 0.25) is 0 Å². The Bertz CT molecular complexity index is 1070. The molecule has 1 fully saturated rings. The molecular formula is C21H23FN4O. The minimum absolute atomic E-state index is 0.0473. The molecule has 0 spiro atoms. The molecule has 27 heavy (non-hydrogen) atoms. The van der Waals surface area contributed by atoms with Crippen molar-refractivity contribution in [2.75, 3.05) is 18.0 Å². The minimum Gasteiger partial charge on any atom is -0.371 e. The van der Waals surface area contributed by atoms with Crippen molar-refractivity contribution in [3.63, 3.8) is 0 Å². The number of nitrogens with zero attached hydrogens (tertiary/aromatic N) is 3. The van der Waals surface area contributed by atoms with Crippen LogP contribution in [0.4, 0.5) is 10.1 Å². The lowest BCUT2D eigenvalue weighted by Gasteiger charge is -2.19. The van der Waals surface area contributed by atoms with Crippen LogP contribution < -0.4 is 10.5 Å². The van der Waals surface area contributed by atoms with E-state index in [1.165, 1.54) is 17.7 Å². The van der Waals surface area contributed by atoms with Crippen molar-refractivity contribution < 1.29 is 4.39 Å². The zero-order valence-electron chi connectivity index (χ0n) is 15.5. The first-order valence-electron chi connectivity index (χ1n) is 9.73. The maximum absolute atomic E-state index is 13.2. The molecule has 1 atom stereocenters. The van der Waals surface area contributed by atoms with Gasteiger partial charge >= 0.3 is 0 Å². The molecule has 0 bridgehead atoms. The molecular weight excluding hydrogens is 343 g/mol. The number of aromatic amines is 1. The van der Waals surface area contributed by atoms with Gasteiger partial charge in [0.05, 0.1) is 5.69 Å². The lowest BCUT2D eigenvalue weighted by Crippen LogP contribution is -2.20. The summed E-state index contributed by atoms with van der Waals surface area (Å²) >= 11 is 0. The summed E-state index contributed by atoms with van der Waals surface area (Å²) in [5, 5.41) is 5.99. The quantitative estimate of drug-likeness (QED) is 0.757. The summed E-state index contributed by atoms with van der Waals surface area (Å²) in [5.74, 6) is 0.108. The first kappa shape index (κ1) is 16.5. The molecule has 6 heteroatoms. The van der Waals surface area contributed by atoms with Crippen molar-refractivity contribution in [1.29, 1.82) is 0 Å². The van der Waals surface area contributed by atoms with Crippen LogP contribution in [-0.2, 0) is 19.9 Å². The number of hydrogen-bond donors (Lipinski definition) is 1. The molecule has 2 aromatic heterocycles. The molecule has 0 saturated carbocycles. The minimum atomic E-state index is -0.208. The van der Waals surface area contributed by atoms with E-state index in [-0.39, 0.29) is 11.4 Å². The second-order valence-corrected chi connectivity index (χ2v) is 7.76. The summed E-state index contributed by atoms with van der Waals surface area (Å²) < 4.78 is 15.0. The van der Waals surface area contributed by atoms with Gasteiger partial charge in [-0.1, -0.05) is 0 Å². The van der Waals surface area contributed by atoms with Gasteiger partial charge in [0.2, 0.25) is 0 Å². The van der Waals surface area contributed by atoms with E-state index in [0.29, 0.717) is 5.92 Å². The van der Waals surface area contributed by atoms with Crippen molar-refractivity contribution >= 4 is 16.7 Å². The molecule has 1 unspecified atom stereocenters. The highest BCUT2D eigenvalue weighted by Gasteiger charge is 2.30. The highest BCUT2D eigenvalue weighted by Crippen LogP contribution is 2.36. The molecule has 5 rings (SSSR count). The van der Waals surface area contributed by atoms with Crippen molar-refractivity contribution in [2.24, 2.45) is 7.05 Å². The van der Waals surface area contributed by atoms with E-state index in [2.05, 4.69) is 9.88 Å². The molecule has 1 aliphatic heterocycles. The molecule has 2 aliphatic rings. The Morgan fingerprint density at radius 2 is 1.89 bits per heavy atom. The molecule has 0 amide bonds. The van der Waals surface area contributed by atoms with Crippen LogP contribution in [-0.4, -0.2) is 27.9 Å². The number of anilines is 1. The van der Waals surface area contributed by atoms with E-state index >= 15 is 0 Å². The number of rotatable bonds is 2. The average molecular weight is 366 g/mol. The Balaban J connectivity index is 1.56. The molecule has 3 aromatic rings. The smallest absolute Gasteiger partial charge is 0.253 e. The highest BCUT2D eigenvalue weighted by molar-refractivity contribution is 5.84. The summed E-state index contributed by atoms with van der Waals surface area (Å²) in [6.07, 6.45) is 5.05. The number of aryl methyl sites for hydroxylation is 2. The second kappa shape index (κ2) is 6.22. The number of hydrogen-bond acceptors (Lipinski definition) is 3. The SMILES string of the molecule is Cn1nc(C2CCN(c3ccc(F)cc3)C2)c2c3c(c(=O)[nH]c21)CCCC3. The number of nitrogens with one attached hydrogen (secondary N) is 1. The van der Waals surface area contributed by atoms with Crippen molar-refractivity contribution in [3.8, 4) is 0 Å². The fraction of sp³-hybridized carbons (Fsp3) is 0.429. The molecule has 1 aromatic carbocycles. The predicted octanol–water partition coefficient (Wildman–Crippen LogP) is 3.27. The maximum atomic E-state index is 13.2. The topological polar surface area (TPSA) is 53.9 Å². The molecule has 5 nitrogen and oxygen atoms in total. The Morgan fingerprint density at radius 1 is 1.15 bits per heavy atom. The normalized spacial score (nSPS) is 19.6. The predicted molar refractivity (Wildman–Crippen MR) is 104 cm³/mol. The van der Waals surface area contributed by atoms with E-state index in [9.17, 15) is 9.18 Å². The van der Waals surface area contributed by atoms with E-state index in [1.807, 2.05) is 23.9 Å². The number of pyridine rings is 1. The third kappa shape index (κ3) is 2.66. The number of H-pyrrole nitrogens is 1. The number of aromatic nitrogens is 3. The lowest BCUT2D eigenvalue weighted by molar-refractivity contribution is 0.627. The maximum Gasteiger partial charge on any atom is 0.253 e. The monoisotopic (exact) mass is 366 g/mol. The van der Waals surface area contributed by atoms with Crippen LogP contribution in [0, 0.1) is 5.82 Å². The molecule has 1 saturated heterocycles. The van der Waals surface area contributed by atoms with Gasteiger partial charge in [-0.25, -0.2) is 4.39 Å². The third-order valence-electron chi connectivity index (χ3n) is 6.12. The highest BCUT2D eigenvalue weighted by atomic mass is 19.1. The van der Waals surface area contributed by atoms with Gasteiger partial charge in [-0.05, 0) is 61.9 Å². The van der Waals surface area contributed by atoms with E-state index in [0.717, 1.165) is 73.2 Å². The first-order valence-corrected chi connectivity index (χ1v) is 9.73. The lowest BCUT2D eigenvalue weighted by atomic mass is 9.88. The number of benzene rings is 1. The summed E-state index contributed by atoms with van der Waals surface area (Å²) in [6, 6.07) is 6.71. The molecule has 1 aliphatic carbocycles. The summed E-state index contributed by atoms with van der Waals surface area (Å²) in [6.45, 7) is 1.80. The van der Waals surface area contributed by atoms with Crippen LogP contribution in [0.1, 0.15) is 42.0 Å². The Labute approximate surface area is 156 Å². The Hall–Kier alpha value is -2.63. The molecule has 3 heterocycles.